The van der Waals surface area contributed by atoms with Crippen molar-refractivity contribution in [3.05, 3.63) is 29.3 Å². The zero-order chi connectivity index (χ0) is 13.2. The highest BCUT2D eigenvalue weighted by Crippen LogP contribution is 2.27. The topological polar surface area (TPSA) is 54.0 Å². The van der Waals surface area contributed by atoms with Gasteiger partial charge in [-0.05, 0) is 50.8 Å². The Kier molecular flexibility index (Phi) is 3.46. The average Bonchev–Trinajstić information content (AvgIpc) is 3.23. The summed E-state index contributed by atoms with van der Waals surface area (Å²) in [5.41, 5.74) is 0.826. The molecule has 2 fully saturated rings. The molecule has 19 heavy (non-hydrogen) atoms. The van der Waals surface area contributed by atoms with Crippen LogP contribution in [0.5, 0.6) is 0 Å². The van der Waals surface area contributed by atoms with Crippen molar-refractivity contribution in [2.45, 2.75) is 37.6 Å². The minimum Gasteiger partial charge on any atom is -0.348 e. The first-order valence-electron chi connectivity index (χ1n) is 6.92. The van der Waals surface area contributed by atoms with Crippen molar-refractivity contribution in [1.29, 1.82) is 0 Å². The zero-order valence-electron chi connectivity index (χ0n) is 10.8. The highest BCUT2D eigenvalue weighted by atomic mass is 19.1. The molecular formula is C14H18FN3O. The highest BCUT2D eigenvalue weighted by Gasteiger charge is 2.25. The smallest absolute Gasteiger partial charge is 0.270 e. The second-order valence-electron chi connectivity index (χ2n) is 5.35. The Morgan fingerprint density at radius 3 is 2.63 bits per heavy atom. The van der Waals surface area contributed by atoms with Gasteiger partial charge in [-0.1, -0.05) is 6.07 Å². The van der Waals surface area contributed by atoms with Crippen molar-refractivity contribution in [3.8, 4) is 0 Å². The summed E-state index contributed by atoms with van der Waals surface area (Å²) in [5.74, 6) is -0.539. The first-order valence-corrected chi connectivity index (χ1v) is 6.92. The lowest BCUT2D eigenvalue weighted by Gasteiger charge is -2.23. The number of piperidine rings is 1. The van der Waals surface area contributed by atoms with Crippen LogP contribution in [0, 0.1) is 5.95 Å². The number of halogens is 1. The summed E-state index contributed by atoms with van der Waals surface area (Å²) in [7, 11) is 0. The third-order valence-electron chi connectivity index (χ3n) is 3.80. The number of nitrogens with one attached hydrogen (secondary N) is 2. The summed E-state index contributed by atoms with van der Waals surface area (Å²) in [5, 5.41) is 6.07. The van der Waals surface area contributed by atoms with Gasteiger partial charge in [0.05, 0.1) is 0 Å². The molecule has 2 N–H and O–H groups in total. The van der Waals surface area contributed by atoms with E-state index in [2.05, 4.69) is 15.6 Å². The largest absolute Gasteiger partial charge is 0.348 e. The minimum atomic E-state index is -0.490. The van der Waals surface area contributed by atoms with Crippen LogP contribution >= 0.6 is 0 Å². The van der Waals surface area contributed by atoms with Gasteiger partial charge in [0, 0.05) is 11.6 Å². The SMILES string of the molecule is O=C(NC1CC1)c1ccc(C2CCNCC2)c(F)n1. The molecule has 0 atom stereocenters. The Hall–Kier alpha value is -1.49. The van der Waals surface area contributed by atoms with Crippen molar-refractivity contribution in [2.24, 2.45) is 0 Å². The third-order valence-corrected chi connectivity index (χ3v) is 3.80. The van der Waals surface area contributed by atoms with E-state index in [4.69, 9.17) is 0 Å². The molecule has 1 saturated heterocycles. The molecule has 0 bridgehead atoms. The molecule has 1 aromatic rings. The molecule has 2 aliphatic rings. The molecule has 5 heteroatoms. The van der Waals surface area contributed by atoms with Crippen molar-refractivity contribution in [1.82, 2.24) is 15.6 Å². The second-order valence-corrected chi connectivity index (χ2v) is 5.35. The average molecular weight is 263 g/mol. The predicted molar refractivity (Wildman–Crippen MR) is 69.5 cm³/mol. The highest BCUT2D eigenvalue weighted by molar-refractivity contribution is 5.92. The second kappa shape index (κ2) is 5.25. The third kappa shape index (κ3) is 2.92. The van der Waals surface area contributed by atoms with Crippen LogP contribution in [0.25, 0.3) is 0 Å². The van der Waals surface area contributed by atoms with Crippen LogP contribution in [0.3, 0.4) is 0 Å². The summed E-state index contributed by atoms with van der Waals surface area (Å²) in [6.07, 6.45) is 3.88. The standard InChI is InChI=1S/C14H18FN3O/c15-13-11(9-5-7-16-8-6-9)3-4-12(18-13)14(19)17-10-1-2-10/h3-4,9-10,16H,1-2,5-8H2,(H,17,19). The van der Waals surface area contributed by atoms with Gasteiger partial charge < -0.3 is 10.6 Å². The molecule has 4 nitrogen and oxygen atoms in total. The number of hydrogen-bond donors (Lipinski definition) is 2. The first-order chi connectivity index (χ1) is 9.24. The summed E-state index contributed by atoms with van der Waals surface area (Å²) in [4.78, 5) is 15.6. The molecule has 1 aromatic heterocycles. The molecule has 0 spiro atoms. The van der Waals surface area contributed by atoms with Crippen LogP contribution in [0.15, 0.2) is 12.1 Å². The van der Waals surface area contributed by atoms with E-state index in [1.54, 1.807) is 12.1 Å². The number of aromatic nitrogens is 1. The number of nitrogens with zero attached hydrogens (tertiary/aromatic N) is 1. The van der Waals surface area contributed by atoms with E-state index in [9.17, 15) is 9.18 Å². The van der Waals surface area contributed by atoms with Gasteiger partial charge in [-0.3, -0.25) is 4.79 Å². The van der Waals surface area contributed by atoms with Crippen LogP contribution in [0.4, 0.5) is 4.39 Å². The van der Waals surface area contributed by atoms with Gasteiger partial charge in [0.15, 0.2) is 0 Å². The molecule has 0 unspecified atom stereocenters. The molecule has 3 rings (SSSR count). The van der Waals surface area contributed by atoms with E-state index in [0.29, 0.717) is 5.56 Å². The fourth-order valence-electron chi connectivity index (χ4n) is 2.50. The number of pyridine rings is 1. The van der Waals surface area contributed by atoms with Crippen molar-refractivity contribution < 1.29 is 9.18 Å². The van der Waals surface area contributed by atoms with Gasteiger partial charge in [0.25, 0.3) is 5.91 Å². The van der Waals surface area contributed by atoms with Gasteiger partial charge >= 0.3 is 0 Å². The first kappa shape index (κ1) is 12.5. The van der Waals surface area contributed by atoms with Crippen LogP contribution < -0.4 is 10.6 Å². The van der Waals surface area contributed by atoms with E-state index in [1.807, 2.05) is 0 Å². The number of carbonyl (C=O) groups is 1. The van der Waals surface area contributed by atoms with Crippen LogP contribution in [0.2, 0.25) is 0 Å². The Bertz CT molecular complexity index is 482. The molecule has 1 saturated carbocycles. The minimum absolute atomic E-state index is 0.182. The summed E-state index contributed by atoms with van der Waals surface area (Å²) >= 11 is 0. The number of carbonyl (C=O) groups excluding carboxylic acids is 1. The van der Waals surface area contributed by atoms with Gasteiger partial charge in [-0.25, -0.2) is 4.98 Å². The fourth-order valence-corrected chi connectivity index (χ4v) is 2.50. The number of hydrogen-bond acceptors (Lipinski definition) is 3. The zero-order valence-corrected chi connectivity index (χ0v) is 10.8. The summed E-state index contributed by atoms with van der Waals surface area (Å²) in [6, 6.07) is 3.62. The van der Waals surface area contributed by atoms with Gasteiger partial charge in [0.1, 0.15) is 5.69 Å². The van der Waals surface area contributed by atoms with Crippen LogP contribution in [0.1, 0.15) is 47.7 Å². The molecule has 102 valence electrons. The Balaban J connectivity index is 1.74. The lowest BCUT2D eigenvalue weighted by Crippen LogP contribution is -2.28. The maximum Gasteiger partial charge on any atom is 0.270 e. The van der Waals surface area contributed by atoms with Gasteiger partial charge in [0.2, 0.25) is 5.95 Å². The van der Waals surface area contributed by atoms with E-state index < -0.39 is 5.95 Å². The number of amides is 1. The Morgan fingerprint density at radius 2 is 2.00 bits per heavy atom. The predicted octanol–water partition coefficient (Wildman–Crippen LogP) is 1.58. The fraction of sp³-hybridized carbons (Fsp3) is 0.571. The molecule has 1 amide bonds. The molecule has 0 aromatic carbocycles. The Labute approximate surface area is 111 Å². The van der Waals surface area contributed by atoms with Gasteiger partial charge in [-0.15, -0.1) is 0 Å². The van der Waals surface area contributed by atoms with Crippen molar-refractivity contribution in [3.63, 3.8) is 0 Å². The molecule has 1 aliphatic heterocycles. The van der Waals surface area contributed by atoms with E-state index >= 15 is 0 Å². The van der Waals surface area contributed by atoms with Gasteiger partial charge in [-0.2, -0.15) is 4.39 Å². The lowest BCUT2D eigenvalue weighted by molar-refractivity contribution is 0.0945. The van der Waals surface area contributed by atoms with E-state index in [0.717, 1.165) is 38.8 Å². The lowest BCUT2D eigenvalue weighted by atomic mass is 9.91. The Morgan fingerprint density at radius 1 is 1.26 bits per heavy atom. The van der Waals surface area contributed by atoms with Crippen LogP contribution in [-0.2, 0) is 0 Å². The quantitative estimate of drug-likeness (QED) is 0.814. The normalized spacial score (nSPS) is 20.3. The van der Waals surface area contributed by atoms with Crippen molar-refractivity contribution >= 4 is 5.91 Å². The van der Waals surface area contributed by atoms with E-state index in [-0.39, 0.29) is 23.6 Å². The molecule has 2 heterocycles. The van der Waals surface area contributed by atoms with E-state index in [1.165, 1.54) is 0 Å². The number of rotatable bonds is 3. The van der Waals surface area contributed by atoms with Crippen LogP contribution in [-0.4, -0.2) is 30.0 Å². The monoisotopic (exact) mass is 263 g/mol. The maximum atomic E-state index is 14.0. The molecule has 1 aliphatic carbocycles. The summed E-state index contributed by atoms with van der Waals surface area (Å²) < 4.78 is 14.0. The molecular weight excluding hydrogens is 245 g/mol. The molecule has 0 radical (unpaired) electrons. The summed E-state index contributed by atoms with van der Waals surface area (Å²) in [6.45, 7) is 1.82. The van der Waals surface area contributed by atoms with Crippen molar-refractivity contribution in [2.75, 3.05) is 13.1 Å². The maximum absolute atomic E-state index is 14.0.